The summed E-state index contributed by atoms with van der Waals surface area (Å²) in [5.74, 6) is -0.0697. The molecule has 3 aromatic rings. The number of carbonyl (C=O) groups is 1. The van der Waals surface area contributed by atoms with E-state index in [4.69, 9.17) is 9.47 Å². The first-order chi connectivity index (χ1) is 21.5. The monoisotopic (exact) mass is 641 g/mol. The number of ether oxygens (including phenoxy) is 2. The van der Waals surface area contributed by atoms with Gasteiger partial charge < -0.3 is 24.0 Å². The van der Waals surface area contributed by atoms with Crippen LogP contribution < -0.4 is 9.46 Å². The summed E-state index contributed by atoms with van der Waals surface area (Å²) in [6.45, 7) is 7.93. The van der Waals surface area contributed by atoms with Crippen molar-refractivity contribution >= 4 is 21.6 Å². The van der Waals surface area contributed by atoms with Crippen LogP contribution in [-0.2, 0) is 28.4 Å². The van der Waals surface area contributed by atoms with Crippen LogP contribution in [-0.4, -0.2) is 90.4 Å². The standard InChI is InChI=1S/C33H47N5O6S/c1-24-18-38(25(2)22-39)33(40)29-17-28(35-45(41,42)32-21-37(5)23-34-32)14-15-30(29)44-26(3)11-9-10-16-43-31(24)20-36(4)19-27-12-7-6-8-13-27/h6-8,12-15,17,21,23-26,31,35,39H,9-11,16,18-20,22H2,1-5H3/t24-,25-,26+,31+/m0/s1. The summed E-state index contributed by atoms with van der Waals surface area (Å²) in [5, 5.41) is 10.1. The third-order valence-electron chi connectivity index (χ3n) is 8.05. The molecule has 1 amide bonds. The van der Waals surface area contributed by atoms with E-state index in [1.807, 2.05) is 25.1 Å². The lowest BCUT2D eigenvalue weighted by Crippen LogP contribution is -2.47. The van der Waals surface area contributed by atoms with Gasteiger partial charge >= 0.3 is 0 Å². The number of anilines is 1. The first-order valence-corrected chi connectivity index (χ1v) is 17.0. The smallest absolute Gasteiger partial charge is 0.280 e. The molecule has 0 aliphatic carbocycles. The highest BCUT2D eigenvalue weighted by Gasteiger charge is 2.31. The Morgan fingerprint density at radius 1 is 1.16 bits per heavy atom. The van der Waals surface area contributed by atoms with Crippen molar-refractivity contribution in [3.8, 4) is 5.75 Å². The molecule has 0 radical (unpaired) electrons. The van der Waals surface area contributed by atoms with Gasteiger partial charge in [-0.3, -0.25) is 14.4 Å². The molecule has 246 valence electrons. The molecular weight excluding hydrogens is 594 g/mol. The number of imidazole rings is 1. The number of nitrogens with one attached hydrogen (secondary N) is 1. The zero-order valence-corrected chi connectivity index (χ0v) is 27.7. The minimum atomic E-state index is -3.99. The van der Waals surface area contributed by atoms with Crippen LogP contribution in [0.15, 0.2) is 66.1 Å². The van der Waals surface area contributed by atoms with Gasteiger partial charge in [-0.25, -0.2) is 4.98 Å². The third-order valence-corrected chi connectivity index (χ3v) is 9.31. The first kappa shape index (κ1) is 34.4. The van der Waals surface area contributed by atoms with Crippen molar-refractivity contribution in [2.45, 2.75) is 69.9 Å². The molecule has 1 aliphatic rings. The molecule has 2 heterocycles. The van der Waals surface area contributed by atoms with Gasteiger partial charge in [0.05, 0.1) is 36.7 Å². The summed E-state index contributed by atoms with van der Waals surface area (Å²) in [5.41, 5.74) is 1.63. The quantitative estimate of drug-likeness (QED) is 0.357. The molecule has 0 saturated heterocycles. The number of benzene rings is 2. The molecule has 4 rings (SSSR count). The largest absolute Gasteiger partial charge is 0.490 e. The fourth-order valence-electron chi connectivity index (χ4n) is 5.45. The van der Waals surface area contributed by atoms with Crippen LogP contribution in [0.25, 0.3) is 0 Å². The lowest BCUT2D eigenvalue weighted by molar-refractivity contribution is -0.0177. The van der Waals surface area contributed by atoms with Crippen LogP contribution in [0, 0.1) is 5.92 Å². The highest BCUT2D eigenvalue weighted by Crippen LogP contribution is 2.29. The summed E-state index contributed by atoms with van der Waals surface area (Å²) in [6.07, 6.45) is 4.98. The van der Waals surface area contributed by atoms with Gasteiger partial charge in [0.15, 0.2) is 5.03 Å². The van der Waals surface area contributed by atoms with E-state index in [1.165, 1.54) is 24.2 Å². The number of aryl methyl sites for hydroxylation is 1. The topological polar surface area (TPSA) is 126 Å². The number of nitrogens with zero attached hydrogens (tertiary/aromatic N) is 4. The SMILES string of the molecule is C[C@@H]1CCCCO[C@H](CN(C)Cc2ccccc2)[C@@H](C)CN([C@@H](C)CO)C(=O)c2cc(NS(=O)(=O)c3cn(C)cn3)ccc2O1. The van der Waals surface area contributed by atoms with E-state index < -0.39 is 16.1 Å². The van der Waals surface area contributed by atoms with Gasteiger partial charge in [-0.05, 0) is 63.9 Å². The lowest BCUT2D eigenvalue weighted by Gasteiger charge is -2.36. The summed E-state index contributed by atoms with van der Waals surface area (Å²) >= 11 is 0. The number of fused-ring (bicyclic) bond motifs is 1. The normalized spacial score (nSPS) is 21.1. The van der Waals surface area contributed by atoms with Crippen LogP contribution in [0.1, 0.15) is 56.0 Å². The highest BCUT2D eigenvalue weighted by molar-refractivity contribution is 7.92. The van der Waals surface area contributed by atoms with Gasteiger partial charge in [-0.15, -0.1) is 0 Å². The fourth-order valence-corrected chi connectivity index (χ4v) is 6.48. The highest BCUT2D eigenvalue weighted by atomic mass is 32.2. The first-order valence-electron chi connectivity index (χ1n) is 15.5. The molecule has 11 nitrogen and oxygen atoms in total. The zero-order chi connectivity index (χ0) is 32.6. The number of sulfonamides is 1. The van der Waals surface area contributed by atoms with Crippen molar-refractivity contribution in [3.63, 3.8) is 0 Å². The van der Waals surface area contributed by atoms with Crippen molar-refractivity contribution in [1.82, 2.24) is 19.4 Å². The molecule has 1 aromatic heterocycles. The third kappa shape index (κ3) is 9.52. The summed E-state index contributed by atoms with van der Waals surface area (Å²) in [7, 11) is -0.239. The number of amides is 1. The molecule has 0 unspecified atom stereocenters. The minimum absolute atomic E-state index is 0.0711. The number of aliphatic hydroxyl groups excluding tert-OH is 1. The van der Waals surface area contributed by atoms with Gasteiger partial charge in [0.2, 0.25) is 0 Å². The predicted molar refractivity (Wildman–Crippen MR) is 174 cm³/mol. The molecule has 0 saturated carbocycles. The van der Waals surface area contributed by atoms with Crippen LogP contribution in [0.3, 0.4) is 0 Å². The van der Waals surface area contributed by atoms with Gasteiger partial charge in [0, 0.05) is 51.1 Å². The number of hydrogen-bond acceptors (Lipinski definition) is 8. The number of rotatable bonds is 9. The molecule has 1 aliphatic heterocycles. The van der Waals surface area contributed by atoms with E-state index in [0.717, 1.165) is 25.8 Å². The Balaban J connectivity index is 1.64. The van der Waals surface area contributed by atoms with E-state index in [1.54, 1.807) is 35.6 Å². The molecule has 2 aromatic carbocycles. The van der Waals surface area contributed by atoms with E-state index in [2.05, 4.69) is 40.7 Å². The average molecular weight is 642 g/mol. The number of aliphatic hydroxyl groups is 1. The van der Waals surface area contributed by atoms with Crippen LogP contribution in [0.2, 0.25) is 0 Å². The molecule has 12 heteroatoms. The molecule has 0 fully saturated rings. The Hall–Kier alpha value is -3.45. The van der Waals surface area contributed by atoms with Crippen LogP contribution >= 0.6 is 0 Å². The van der Waals surface area contributed by atoms with Crippen LogP contribution in [0.5, 0.6) is 5.75 Å². The second-order valence-electron chi connectivity index (χ2n) is 12.2. The van der Waals surface area contributed by atoms with Gasteiger partial charge in [-0.1, -0.05) is 37.3 Å². The summed E-state index contributed by atoms with van der Waals surface area (Å²) < 4.78 is 42.9. The molecule has 45 heavy (non-hydrogen) atoms. The number of likely N-dealkylation sites (N-methyl/N-ethyl adjacent to an activating group) is 1. The second-order valence-corrected chi connectivity index (χ2v) is 13.8. The van der Waals surface area contributed by atoms with E-state index in [0.29, 0.717) is 25.4 Å². The molecule has 4 atom stereocenters. The van der Waals surface area contributed by atoms with Crippen molar-refractivity contribution in [1.29, 1.82) is 0 Å². The summed E-state index contributed by atoms with van der Waals surface area (Å²) in [6, 6.07) is 14.5. The van der Waals surface area contributed by atoms with Gasteiger partial charge in [-0.2, -0.15) is 8.42 Å². The van der Waals surface area contributed by atoms with E-state index in [-0.39, 0.29) is 46.9 Å². The Kier molecular flexibility index (Phi) is 12.0. The molecule has 0 spiro atoms. The second kappa shape index (κ2) is 15.7. The van der Waals surface area contributed by atoms with Crippen molar-refractivity contribution < 1.29 is 27.8 Å². The van der Waals surface area contributed by atoms with Crippen molar-refractivity contribution in [3.05, 3.63) is 72.2 Å². The van der Waals surface area contributed by atoms with E-state index >= 15 is 0 Å². The number of carbonyl (C=O) groups excluding carboxylic acids is 1. The van der Waals surface area contributed by atoms with Crippen molar-refractivity contribution in [2.24, 2.45) is 13.0 Å². The Labute approximate surface area is 267 Å². The van der Waals surface area contributed by atoms with E-state index in [9.17, 15) is 18.3 Å². The average Bonchev–Trinajstić information content (AvgIpc) is 3.46. The van der Waals surface area contributed by atoms with Crippen LogP contribution in [0.4, 0.5) is 5.69 Å². The minimum Gasteiger partial charge on any atom is -0.490 e. The molecule has 2 N–H and O–H groups in total. The summed E-state index contributed by atoms with van der Waals surface area (Å²) in [4.78, 5) is 22.1. The Morgan fingerprint density at radius 2 is 1.91 bits per heavy atom. The maximum atomic E-state index is 14.3. The Morgan fingerprint density at radius 3 is 2.60 bits per heavy atom. The molecular formula is C33H47N5O6S. The fraction of sp³-hybridized carbons (Fsp3) is 0.515. The zero-order valence-electron chi connectivity index (χ0n) is 26.9. The maximum Gasteiger partial charge on any atom is 0.280 e. The predicted octanol–water partition coefficient (Wildman–Crippen LogP) is 4.15. The van der Waals surface area contributed by atoms with Crippen molar-refractivity contribution in [2.75, 3.05) is 38.1 Å². The lowest BCUT2D eigenvalue weighted by atomic mass is 10.0. The number of hydrogen-bond donors (Lipinski definition) is 2. The Bertz CT molecular complexity index is 1500. The number of aromatic nitrogens is 2. The van der Waals surface area contributed by atoms with Gasteiger partial charge in [0.25, 0.3) is 15.9 Å². The van der Waals surface area contributed by atoms with Gasteiger partial charge in [0.1, 0.15) is 5.75 Å². The maximum absolute atomic E-state index is 14.3. The molecule has 0 bridgehead atoms.